The molecule has 0 aromatic rings. The number of ether oxygens (including phenoxy) is 1. The van der Waals surface area contributed by atoms with Crippen molar-refractivity contribution in [2.75, 3.05) is 39.3 Å². The van der Waals surface area contributed by atoms with Crippen LogP contribution in [0.5, 0.6) is 0 Å². The van der Waals surface area contributed by atoms with Gasteiger partial charge in [-0.15, -0.1) is 0 Å². The first kappa shape index (κ1) is 15.1. The van der Waals surface area contributed by atoms with Crippen molar-refractivity contribution in [3.05, 3.63) is 0 Å². The Labute approximate surface area is 118 Å². The van der Waals surface area contributed by atoms with Gasteiger partial charge in [0.05, 0.1) is 18.7 Å². The van der Waals surface area contributed by atoms with Gasteiger partial charge in [0, 0.05) is 32.8 Å². The second-order valence-electron chi connectivity index (χ2n) is 5.43. The molecule has 2 N–H and O–H groups in total. The highest BCUT2D eigenvalue weighted by atomic mass is 16.5. The molecule has 0 spiro atoms. The first-order valence-electron chi connectivity index (χ1n) is 7.17. The zero-order chi connectivity index (χ0) is 14.5. The van der Waals surface area contributed by atoms with Crippen molar-refractivity contribution in [1.82, 2.24) is 15.1 Å². The molecule has 2 unspecified atom stereocenters. The number of rotatable bonds is 3. The number of nitrogens with one attached hydrogen (secondary N) is 1. The Morgan fingerprint density at radius 1 is 1.30 bits per heavy atom. The second kappa shape index (κ2) is 6.90. The summed E-state index contributed by atoms with van der Waals surface area (Å²) in [7, 11) is 0. The zero-order valence-electron chi connectivity index (χ0n) is 11.9. The Bertz CT molecular complexity index is 364. The summed E-state index contributed by atoms with van der Waals surface area (Å²) in [4.78, 5) is 26.6. The van der Waals surface area contributed by atoms with E-state index >= 15 is 0 Å². The summed E-state index contributed by atoms with van der Waals surface area (Å²) in [6.45, 7) is 5.27. The molecule has 114 valence electrons. The SMILES string of the molecule is CC1OCCC1NC(=O)N1CCCN(CC(=O)O)CC1. The molecule has 0 radical (unpaired) electrons. The van der Waals surface area contributed by atoms with Crippen molar-refractivity contribution < 1.29 is 19.4 Å². The average molecular weight is 285 g/mol. The van der Waals surface area contributed by atoms with Crippen LogP contribution in [0.2, 0.25) is 0 Å². The molecule has 7 heteroatoms. The summed E-state index contributed by atoms with van der Waals surface area (Å²) in [5.41, 5.74) is 0. The van der Waals surface area contributed by atoms with Crippen LogP contribution in [-0.4, -0.2) is 78.4 Å². The first-order chi connectivity index (χ1) is 9.56. The van der Waals surface area contributed by atoms with E-state index in [2.05, 4.69) is 5.32 Å². The fourth-order valence-electron chi connectivity index (χ4n) is 2.69. The normalized spacial score (nSPS) is 28.1. The minimum Gasteiger partial charge on any atom is -0.480 e. The maximum atomic E-state index is 12.2. The topological polar surface area (TPSA) is 82.1 Å². The molecule has 2 aliphatic rings. The third kappa shape index (κ3) is 4.08. The average Bonchev–Trinajstić information content (AvgIpc) is 2.64. The van der Waals surface area contributed by atoms with Gasteiger partial charge in [-0.2, -0.15) is 0 Å². The lowest BCUT2D eigenvalue weighted by atomic mass is 10.2. The van der Waals surface area contributed by atoms with Crippen LogP contribution in [0.1, 0.15) is 19.8 Å². The molecule has 0 bridgehead atoms. The fraction of sp³-hybridized carbons (Fsp3) is 0.846. The molecule has 2 aliphatic heterocycles. The van der Waals surface area contributed by atoms with Crippen LogP contribution >= 0.6 is 0 Å². The fourth-order valence-corrected chi connectivity index (χ4v) is 2.69. The minimum absolute atomic E-state index is 0.0446. The number of hydrogen-bond acceptors (Lipinski definition) is 4. The number of carbonyl (C=O) groups excluding carboxylic acids is 1. The Morgan fingerprint density at radius 3 is 2.75 bits per heavy atom. The summed E-state index contributed by atoms with van der Waals surface area (Å²) in [6, 6.07) is 0.0189. The van der Waals surface area contributed by atoms with Crippen LogP contribution in [0.15, 0.2) is 0 Å². The van der Waals surface area contributed by atoms with Crippen LogP contribution in [0.3, 0.4) is 0 Å². The third-order valence-electron chi connectivity index (χ3n) is 3.92. The van der Waals surface area contributed by atoms with Gasteiger partial charge in [0.25, 0.3) is 0 Å². The molecule has 2 saturated heterocycles. The summed E-state index contributed by atoms with van der Waals surface area (Å²) >= 11 is 0. The highest BCUT2D eigenvalue weighted by molar-refractivity contribution is 5.74. The number of carboxylic acids is 1. The van der Waals surface area contributed by atoms with Crippen molar-refractivity contribution in [3.8, 4) is 0 Å². The molecule has 2 fully saturated rings. The van der Waals surface area contributed by atoms with Gasteiger partial charge >= 0.3 is 12.0 Å². The number of carbonyl (C=O) groups is 2. The van der Waals surface area contributed by atoms with Gasteiger partial charge in [0.15, 0.2) is 0 Å². The maximum Gasteiger partial charge on any atom is 0.317 e. The molecular formula is C13H23N3O4. The molecule has 2 rings (SSSR count). The Balaban J connectivity index is 1.80. The van der Waals surface area contributed by atoms with Gasteiger partial charge in [-0.1, -0.05) is 0 Å². The molecule has 0 aromatic carbocycles. The van der Waals surface area contributed by atoms with E-state index in [9.17, 15) is 9.59 Å². The molecule has 2 amide bonds. The number of urea groups is 1. The quantitative estimate of drug-likeness (QED) is 0.761. The van der Waals surface area contributed by atoms with Crippen molar-refractivity contribution in [2.45, 2.75) is 31.9 Å². The highest BCUT2D eigenvalue weighted by Crippen LogP contribution is 2.13. The zero-order valence-corrected chi connectivity index (χ0v) is 11.9. The minimum atomic E-state index is -0.820. The van der Waals surface area contributed by atoms with Crippen molar-refractivity contribution in [1.29, 1.82) is 0 Å². The van der Waals surface area contributed by atoms with Crippen molar-refractivity contribution in [2.24, 2.45) is 0 Å². The van der Waals surface area contributed by atoms with E-state index in [1.165, 1.54) is 0 Å². The number of amides is 2. The molecule has 0 aromatic heterocycles. The van der Waals surface area contributed by atoms with E-state index < -0.39 is 5.97 Å². The van der Waals surface area contributed by atoms with E-state index in [0.29, 0.717) is 26.2 Å². The molecule has 20 heavy (non-hydrogen) atoms. The van der Waals surface area contributed by atoms with Crippen LogP contribution in [0, 0.1) is 0 Å². The summed E-state index contributed by atoms with van der Waals surface area (Å²) in [5, 5.41) is 11.8. The summed E-state index contributed by atoms with van der Waals surface area (Å²) in [6.07, 6.45) is 1.72. The number of aliphatic carboxylic acids is 1. The van der Waals surface area contributed by atoms with Gasteiger partial charge < -0.3 is 20.1 Å². The third-order valence-corrected chi connectivity index (χ3v) is 3.92. The lowest BCUT2D eigenvalue weighted by molar-refractivity contribution is -0.138. The predicted molar refractivity (Wildman–Crippen MR) is 72.6 cm³/mol. The second-order valence-corrected chi connectivity index (χ2v) is 5.43. The molecule has 7 nitrogen and oxygen atoms in total. The summed E-state index contributed by atoms with van der Waals surface area (Å²) in [5.74, 6) is -0.820. The summed E-state index contributed by atoms with van der Waals surface area (Å²) < 4.78 is 5.43. The number of carboxylic acid groups (broad SMARTS) is 1. The van der Waals surface area contributed by atoms with Gasteiger partial charge in [0.2, 0.25) is 0 Å². The van der Waals surface area contributed by atoms with E-state index in [-0.39, 0.29) is 24.7 Å². The Kier molecular flexibility index (Phi) is 5.19. The molecular weight excluding hydrogens is 262 g/mol. The van der Waals surface area contributed by atoms with Crippen molar-refractivity contribution in [3.63, 3.8) is 0 Å². The lowest BCUT2D eigenvalue weighted by Gasteiger charge is -2.24. The van der Waals surface area contributed by atoms with Crippen LogP contribution in [0.25, 0.3) is 0 Å². The lowest BCUT2D eigenvalue weighted by Crippen LogP contribution is -2.48. The van der Waals surface area contributed by atoms with Crippen LogP contribution in [-0.2, 0) is 9.53 Å². The highest BCUT2D eigenvalue weighted by Gasteiger charge is 2.28. The molecule has 2 atom stereocenters. The van der Waals surface area contributed by atoms with Gasteiger partial charge in [0.1, 0.15) is 0 Å². The van der Waals surface area contributed by atoms with Gasteiger partial charge in [-0.05, 0) is 19.8 Å². The van der Waals surface area contributed by atoms with Crippen molar-refractivity contribution >= 4 is 12.0 Å². The van der Waals surface area contributed by atoms with E-state index in [1.807, 2.05) is 11.8 Å². The maximum absolute atomic E-state index is 12.2. The molecule has 0 aliphatic carbocycles. The van der Waals surface area contributed by atoms with Crippen LogP contribution < -0.4 is 5.32 Å². The number of hydrogen-bond donors (Lipinski definition) is 2. The standard InChI is InChI=1S/C13H23N3O4/c1-10-11(3-8-20-10)14-13(19)16-5-2-4-15(6-7-16)9-12(17)18/h10-11H,2-9H2,1H3,(H,14,19)(H,17,18). The first-order valence-corrected chi connectivity index (χ1v) is 7.17. The Hall–Kier alpha value is -1.34. The van der Waals surface area contributed by atoms with Gasteiger partial charge in [-0.3, -0.25) is 9.69 Å². The van der Waals surface area contributed by atoms with E-state index in [0.717, 1.165) is 19.4 Å². The number of nitrogens with zero attached hydrogens (tertiary/aromatic N) is 2. The monoisotopic (exact) mass is 285 g/mol. The van der Waals surface area contributed by atoms with Gasteiger partial charge in [-0.25, -0.2) is 4.79 Å². The molecule has 0 saturated carbocycles. The Morgan fingerprint density at radius 2 is 2.10 bits per heavy atom. The van der Waals surface area contributed by atoms with E-state index in [1.54, 1.807) is 4.90 Å². The van der Waals surface area contributed by atoms with Crippen LogP contribution in [0.4, 0.5) is 4.79 Å². The smallest absolute Gasteiger partial charge is 0.317 e. The molecule has 2 heterocycles. The van der Waals surface area contributed by atoms with E-state index in [4.69, 9.17) is 9.84 Å². The predicted octanol–water partition coefficient (Wildman–Crippen LogP) is -0.0343. The largest absolute Gasteiger partial charge is 0.480 e.